The molecule has 0 aliphatic heterocycles. The average molecular weight is 233 g/mol. The number of hydrogen-bond acceptors (Lipinski definition) is 5. The molecule has 0 aromatic carbocycles. The highest BCUT2D eigenvalue weighted by atomic mass is 16.5. The molecule has 2 aromatic rings. The Labute approximate surface area is 99.7 Å². The van der Waals surface area contributed by atoms with Crippen molar-refractivity contribution in [2.24, 2.45) is 7.05 Å². The molecule has 0 amide bonds. The van der Waals surface area contributed by atoms with Crippen LogP contribution in [0.2, 0.25) is 0 Å². The zero-order valence-electron chi connectivity index (χ0n) is 10.1. The summed E-state index contributed by atoms with van der Waals surface area (Å²) in [5, 5.41) is 7.49. The van der Waals surface area contributed by atoms with Crippen molar-refractivity contribution < 1.29 is 4.74 Å². The van der Waals surface area contributed by atoms with Gasteiger partial charge in [0.15, 0.2) is 0 Å². The summed E-state index contributed by atoms with van der Waals surface area (Å²) < 4.78 is 6.84. The van der Waals surface area contributed by atoms with Crippen molar-refractivity contribution in [1.82, 2.24) is 19.7 Å². The number of methoxy groups -OCH3 is 1. The van der Waals surface area contributed by atoms with Gasteiger partial charge >= 0.3 is 0 Å². The Morgan fingerprint density at radius 2 is 2.29 bits per heavy atom. The average Bonchev–Trinajstić information content (AvgIpc) is 2.67. The van der Waals surface area contributed by atoms with Gasteiger partial charge in [-0.2, -0.15) is 5.10 Å². The minimum absolute atomic E-state index is 0.605. The first kappa shape index (κ1) is 11.4. The van der Waals surface area contributed by atoms with Gasteiger partial charge in [-0.1, -0.05) is 0 Å². The summed E-state index contributed by atoms with van der Waals surface area (Å²) in [5.41, 5.74) is 0.903. The van der Waals surface area contributed by atoms with Crippen LogP contribution in [0.25, 0.3) is 0 Å². The molecule has 0 spiro atoms. The first-order valence-corrected chi connectivity index (χ1v) is 5.29. The molecule has 0 aliphatic carbocycles. The molecule has 90 valence electrons. The molecule has 6 heteroatoms. The molecule has 0 fully saturated rings. The molecular weight excluding hydrogens is 218 g/mol. The highest BCUT2D eigenvalue weighted by molar-refractivity contribution is 5.33. The van der Waals surface area contributed by atoms with E-state index in [1.165, 1.54) is 0 Å². The number of aryl methyl sites for hydroxylation is 2. The maximum absolute atomic E-state index is 5.14. The second-order valence-electron chi connectivity index (χ2n) is 3.64. The van der Waals surface area contributed by atoms with Crippen molar-refractivity contribution in [3.05, 3.63) is 29.8 Å². The maximum atomic E-state index is 5.14. The molecule has 0 bridgehead atoms. The minimum Gasteiger partial charge on any atom is -0.481 e. The standard InChI is InChI=1S/C11H15N5O/c1-8-12-5-4-10(14-8)13-7-9-6-11(17-3)16(2)15-9/h4-6H,7H2,1-3H3,(H,12,13,14). The van der Waals surface area contributed by atoms with Crippen LogP contribution in [0.4, 0.5) is 5.82 Å². The Morgan fingerprint density at radius 3 is 2.94 bits per heavy atom. The molecule has 17 heavy (non-hydrogen) atoms. The Hall–Kier alpha value is -2.11. The van der Waals surface area contributed by atoms with Gasteiger partial charge in [0.05, 0.1) is 19.3 Å². The smallest absolute Gasteiger partial charge is 0.211 e. The fourth-order valence-corrected chi connectivity index (χ4v) is 1.52. The van der Waals surface area contributed by atoms with Crippen LogP contribution in [0.15, 0.2) is 18.3 Å². The number of anilines is 1. The Bertz CT molecular complexity index is 508. The van der Waals surface area contributed by atoms with E-state index < -0.39 is 0 Å². The van der Waals surface area contributed by atoms with Crippen LogP contribution in [0.5, 0.6) is 5.88 Å². The summed E-state index contributed by atoms with van der Waals surface area (Å²) in [5.74, 6) is 2.27. The largest absolute Gasteiger partial charge is 0.481 e. The Kier molecular flexibility index (Phi) is 3.22. The first-order valence-electron chi connectivity index (χ1n) is 5.29. The van der Waals surface area contributed by atoms with Gasteiger partial charge < -0.3 is 10.1 Å². The lowest BCUT2D eigenvalue weighted by Gasteiger charge is -2.02. The molecule has 0 radical (unpaired) electrons. The quantitative estimate of drug-likeness (QED) is 0.857. The van der Waals surface area contributed by atoms with Crippen molar-refractivity contribution >= 4 is 5.82 Å². The van der Waals surface area contributed by atoms with Crippen LogP contribution < -0.4 is 10.1 Å². The minimum atomic E-state index is 0.605. The summed E-state index contributed by atoms with van der Waals surface area (Å²) in [7, 11) is 3.47. The van der Waals surface area contributed by atoms with Gasteiger partial charge in [0.1, 0.15) is 11.6 Å². The van der Waals surface area contributed by atoms with Gasteiger partial charge in [0, 0.05) is 19.3 Å². The third kappa shape index (κ3) is 2.72. The van der Waals surface area contributed by atoms with Crippen molar-refractivity contribution in [1.29, 1.82) is 0 Å². The third-order valence-electron chi connectivity index (χ3n) is 2.32. The lowest BCUT2D eigenvalue weighted by atomic mass is 10.4. The van der Waals surface area contributed by atoms with E-state index >= 15 is 0 Å². The normalized spacial score (nSPS) is 10.3. The molecule has 6 nitrogen and oxygen atoms in total. The molecule has 0 unspecified atom stereocenters. The first-order chi connectivity index (χ1) is 8.19. The topological polar surface area (TPSA) is 64.9 Å². The zero-order valence-corrected chi connectivity index (χ0v) is 10.1. The third-order valence-corrected chi connectivity index (χ3v) is 2.32. The predicted octanol–water partition coefficient (Wildman–Crippen LogP) is 1.14. The Morgan fingerprint density at radius 1 is 1.47 bits per heavy atom. The molecule has 2 heterocycles. The second-order valence-corrected chi connectivity index (χ2v) is 3.64. The molecule has 1 N–H and O–H groups in total. The van der Waals surface area contributed by atoms with Gasteiger partial charge in [-0.3, -0.25) is 0 Å². The number of nitrogens with one attached hydrogen (secondary N) is 1. The van der Waals surface area contributed by atoms with E-state index in [-0.39, 0.29) is 0 Å². The summed E-state index contributed by atoms with van der Waals surface area (Å²) in [6.07, 6.45) is 1.73. The van der Waals surface area contributed by atoms with Crippen LogP contribution in [-0.4, -0.2) is 26.9 Å². The van der Waals surface area contributed by atoms with Gasteiger partial charge in [0.25, 0.3) is 0 Å². The van der Waals surface area contributed by atoms with Gasteiger partial charge in [-0.05, 0) is 13.0 Å². The summed E-state index contributed by atoms with van der Waals surface area (Å²) in [6, 6.07) is 3.72. The second kappa shape index (κ2) is 4.82. The molecule has 0 saturated heterocycles. The van der Waals surface area contributed by atoms with Crippen LogP contribution in [-0.2, 0) is 13.6 Å². The predicted molar refractivity (Wildman–Crippen MR) is 63.9 cm³/mol. The van der Waals surface area contributed by atoms with Crippen LogP contribution in [0.1, 0.15) is 11.5 Å². The summed E-state index contributed by atoms with van der Waals surface area (Å²) in [6.45, 7) is 2.46. The maximum Gasteiger partial charge on any atom is 0.211 e. The fraction of sp³-hybridized carbons (Fsp3) is 0.364. The van der Waals surface area contributed by atoms with Gasteiger partial charge in [-0.15, -0.1) is 0 Å². The van der Waals surface area contributed by atoms with E-state index in [0.29, 0.717) is 6.54 Å². The number of nitrogens with zero attached hydrogens (tertiary/aromatic N) is 4. The molecule has 0 aliphatic rings. The molecular formula is C11H15N5O. The summed E-state index contributed by atoms with van der Waals surface area (Å²) in [4.78, 5) is 8.29. The van der Waals surface area contributed by atoms with Gasteiger partial charge in [-0.25, -0.2) is 14.6 Å². The fourth-order valence-electron chi connectivity index (χ4n) is 1.52. The van der Waals surface area contributed by atoms with E-state index in [9.17, 15) is 0 Å². The molecule has 0 atom stereocenters. The van der Waals surface area contributed by atoms with Crippen molar-refractivity contribution in [2.45, 2.75) is 13.5 Å². The van der Waals surface area contributed by atoms with Crippen LogP contribution in [0.3, 0.4) is 0 Å². The lowest BCUT2D eigenvalue weighted by molar-refractivity contribution is 0.373. The van der Waals surface area contributed by atoms with E-state index in [4.69, 9.17) is 4.74 Å². The highest BCUT2D eigenvalue weighted by Crippen LogP contribution is 2.12. The summed E-state index contributed by atoms with van der Waals surface area (Å²) >= 11 is 0. The Balaban J connectivity index is 2.02. The number of ether oxygens (including phenoxy) is 1. The van der Waals surface area contributed by atoms with E-state index in [1.54, 1.807) is 18.0 Å². The van der Waals surface area contributed by atoms with Crippen molar-refractivity contribution in [3.8, 4) is 5.88 Å². The van der Waals surface area contributed by atoms with Crippen LogP contribution in [0, 0.1) is 6.92 Å². The number of aromatic nitrogens is 4. The molecule has 0 saturated carbocycles. The van der Waals surface area contributed by atoms with E-state index in [1.807, 2.05) is 26.1 Å². The van der Waals surface area contributed by atoms with E-state index in [2.05, 4.69) is 20.4 Å². The zero-order chi connectivity index (χ0) is 12.3. The van der Waals surface area contributed by atoms with Crippen molar-refractivity contribution in [3.63, 3.8) is 0 Å². The molecule has 2 rings (SSSR count). The number of hydrogen-bond donors (Lipinski definition) is 1. The molecule has 2 aromatic heterocycles. The van der Waals surface area contributed by atoms with Crippen LogP contribution >= 0.6 is 0 Å². The highest BCUT2D eigenvalue weighted by Gasteiger charge is 2.04. The lowest BCUT2D eigenvalue weighted by Crippen LogP contribution is -2.03. The number of rotatable bonds is 4. The monoisotopic (exact) mass is 233 g/mol. The van der Waals surface area contributed by atoms with Gasteiger partial charge in [0.2, 0.25) is 5.88 Å². The SMILES string of the molecule is COc1cc(CNc2ccnc(C)n2)nn1C. The van der Waals surface area contributed by atoms with Crippen molar-refractivity contribution in [2.75, 3.05) is 12.4 Å². The van der Waals surface area contributed by atoms with E-state index in [0.717, 1.165) is 23.2 Å².